The Morgan fingerprint density at radius 1 is 1.40 bits per heavy atom. The summed E-state index contributed by atoms with van der Waals surface area (Å²) in [4.78, 5) is 12.8. The molecule has 4 nitrogen and oxygen atoms in total. The number of hydrogen-bond acceptors (Lipinski definition) is 2. The third-order valence-corrected chi connectivity index (χ3v) is 3.19. The second-order valence-electron chi connectivity index (χ2n) is 5.67. The molecule has 4 heteroatoms. The van der Waals surface area contributed by atoms with E-state index < -0.39 is 6.09 Å². The van der Waals surface area contributed by atoms with Crippen LogP contribution in [0.1, 0.15) is 27.2 Å². The molecule has 1 fully saturated rings. The Labute approximate surface area is 91.6 Å². The van der Waals surface area contributed by atoms with Gasteiger partial charge in [-0.2, -0.15) is 0 Å². The fourth-order valence-electron chi connectivity index (χ4n) is 2.23. The van der Waals surface area contributed by atoms with Gasteiger partial charge in [0.25, 0.3) is 0 Å². The van der Waals surface area contributed by atoms with E-state index in [1.807, 2.05) is 0 Å². The fraction of sp³-hybridized carbons (Fsp3) is 0.909. The molecule has 88 valence electrons. The highest BCUT2D eigenvalue weighted by Crippen LogP contribution is 2.32. The Kier molecular flexibility index (Phi) is 3.60. The first kappa shape index (κ1) is 12.3. The van der Waals surface area contributed by atoms with E-state index in [0.29, 0.717) is 5.92 Å². The Morgan fingerprint density at radius 2 is 2.00 bits per heavy atom. The molecule has 1 saturated heterocycles. The van der Waals surface area contributed by atoms with Crippen molar-refractivity contribution in [2.24, 2.45) is 11.3 Å². The van der Waals surface area contributed by atoms with Crippen LogP contribution in [0.3, 0.4) is 0 Å². The van der Waals surface area contributed by atoms with Gasteiger partial charge in [0.2, 0.25) is 0 Å². The lowest BCUT2D eigenvalue weighted by atomic mass is 9.75. The third-order valence-electron chi connectivity index (χ3n) is 3.19. The summed E-state index contributed by atoms with van der Waals surface area (Å²) in [6.45, 7) is 8.53. The van der Waals surface area contributed by atoms with Crippen molar-refractivity contribution in [3.8, 4) is 0 Å². The Balaban J connectivity index is 2.59. The molecule has 0 spiro atoms. The van der Waals surface area contributed by atoms with E-state index in [2.05, 4.69) is 38.0 Å². The van der Waals surface area contributed by atoms with Gasteiger partial charge in [-0.05, 0) is 24.8 Å². The van der Waals surface area contributed by atoms with Crippen molar-refractivity contribution in [1.82, 2.24) is 10.2 Å². The van der Waals surface area contributed by atoms with Crippen molar-refractivity contribution >= 4 is 6.09 Å². The van der Waals surface area contributed by atoms with E-state index in [1.165, 1.54) is 0 Å². The second kappa shape index (κ2) is 4.39. The minimum atomic E-state index is -0.914. The smallest absolute Gasteiger partial charge is 0.404 e. The summed E-state index contributed by atoms with van der Waals surface area (Å²) in [6.07, 6.45) is 0.0307. The van der Waals surface area contributed by atoms with Gasteiger partial charge in [0.1, 0.15) is 0 Å². The highest BCUT2D eigenvalue weighted by Gasteiger charge is 2.33. The fourth-order valence-corrected chi connectivity index (χ4v) is 2.23. The molecule has 0 unspecified atom stereocenters. The summed E-state index contributed by atoms with van der Waals surface area (Å²) in [5, 5.41) is 11.3. The van der Waals surface area contributed by atoms with Gasteiger partial charge in [0, 0.05) is 19.1 Å². The largest absolute Gasteiger partial charge is 0.465 e. The van der Waals surface area contributed by atoms with Gasteiger partial charge in [-0.25, -0.2) is 4.79 Å². The summed E-state index contributed by atoms with van der Waals surface area (Å²) >= 11 is 0. The number of nitrogens with one attached hydrogen (secondary N) is 1. The van der Waals surface area contributed by atoms with E-state index in [4.69, 9.17) is 5.11 Å². The number of carbonyl (C=O) groups is 1. The minimum Gasteiger partial charge on any atom is -0.465 e. The van der Waals surface area contributed by atoms with Crippen molar-refractivity contribution in [3.63, 3.8) is 0 Å². The number of carboxylic acid groups (broad SMARTS) is 1. The molecule has 0 aromatic rings. The lowest BCUT2D eigenvalue weighted by molar-refractivity contribution is 0.0910. The topological polar surface area (TPSA) is 52.6 Å². The molecule has 2 N–H and O–H groups in total. The molecule has 0 aromatic carbocycles. The van der Waals surface area contributed by atoms with Gasteiger partial charge in [-0.15, -0.1) is 0 Å². The van der Waals surface area contributed by atoms with Crippen LogP contribution in [0.4, 0.5) is 4.79 Å². The standard InChI is InChI=1S/C11H22N2O2/c1-11(2,3)8-5-9(12-10(14)15)7-13(4)6-8/h8-9,12H,5-7H2,1-4H3,(H,14,15)/t8-,9-/m0/s1. The van der Waals surface area contributed by atoms with Crippen molar-refractivity contribution in [2.45, 2.75) is 33.2 Å². The normalized spacial score (nSPS) is 28.8. The maximum Gasteiger partial charge on any atom is 0.404 e. The van der Waals surface area contributed by atoms with Gasteiger partial charge in [0.15, 0.2) is 0 Å². The second-order valence-corrected chi connectivity index (χ2v) is 5.67. The molecule has 1 amide bonds. The molecule has 2 atom stereocenters. The molecular formula is C11H22N2O2. The van der Waals surface area contributed by atoms with Crippen LogP contribution in [-0.4, -0.2) is 42.3 Å². The summed E-state index contributed by atoms with van der Waals surface area (Å²) in [7, 11) is 2.05. The summed E-state index contributed by atoms with van der Waals surface area (Å²) in [5.41, 5.74) is 0.243. The predicted molar refractivity (Wildman–Crippen MR) is 60.0 cm³/mol. The maximum absolute atomic E-state index is 10.6. The summed E-state index contributed by atoms with van der Waals surface area (Å²) in [6, 6.07) is 0.0745. The highest BCUT2D eigenvalue weighted by molar-refractivity contribution is 5.64. The molecule has 0 saturated carbocycles. The van der Waals surface area contributed by atoms with Gasteiger partial charge < -0.3 is 15.3 Å². The van der Waals surface area contributed by atoms with Crippen LogP contribution < -0.4 is 5.32 Å². The molecule has 1 aliphatic rings. The number of nitrogens with zero attached hydrogens (tertiary/aromatic N) is 1. The highest BCUT2D eigenvalue weighted by atomic mass is 16.4. The molecule has 15 heavy (non-hydrogen) atoms. The van der Waals surface area contributed by atoms with Crippen LogP contribution in [-0.2, 0) is 0 Å². The number of likely N-dealkylation sites (N-methyl/N-ethyl adjacent to an activating group) is 1. The number of piperidine rings is 1. The first-order chi connectivity index (χ1) is 6.79. The predicted octanol–water partition coefficient (Wildman–Crippen LogP) is 1.62. The summed E-state index contributed by atoms with van der Waals surface area (Å²) < 4.78 is 0. The van der Waals surface area contributed by atoms with Crippen molar-refractivity contribution in [2.75, 3.05) is 20.1 Å². The van der Waals surface area contributed by atoms with E-state index in [1.54, 1.807) is 0 Å². The van der Waals surface area contributed by atoms with E-state index in [9.17, 15) is 4.79 Å². The van der Waals surface area contributed by atoms with Crippen molar-refractivity contribution in [3.05, 3.63) is 0 Å². The number of likely N-dealkylation sites (tertiary alicyclic amines) is 1. The van der Waals surface area contributed by atoms with Crippen LogP contribution in [0.15, 0.2) is 0 Å². The molecule has 0 radical (unpaired) electrons. The average Bonchev–Trinajstić information content (AvgIpc) is 1.99. The maximum atomic E-state index is 10.6. The van der Waals surface area contributed by atoms with Gasteiger partial charge in [-0.1, -0.05) is 20.8 Å². The van der Waals surface area contributed by atoms with Gasteiger partial charge in [-0.3, -0.25) is 0 Å². The SMILES string of the molecule is CN1C[C@@H](NC(=O)O)C[C@H](C(C)(C)C)C1. The average molecular weight is 214 g/mol. The van der Waals surface area contributed by atoms with Gasteiger partial charge >= 0.3 is 6.09 Å². The minimum absolute atomic E-state index is 0.0745. The number of hydrogen-bond donors (Lipinski definition) is 2. The molecule has 1 heterocycles. The van der Waals surface area contributed by atoms with Crippen LogP contribution in [0.5, 0.6) is 0 Å². The van der Waals surface area contributed by atoms with E-state index in [-0.39, 0.29) is 11.5 Å². The number of amides is 1. The first-order valence-electron chi connectivity index (χ1n) is 5.47. The van der Waals surface area contributed by atoms with Crippen LogP contribution >= 0.6 is 0 Å². The molecular weight excluding hydrogens is 192 g/mol. The number of rotatable bonds is 1. The molecule has 0 bridgehead atoms. The molecule has 1 rings (SSSR count). The molecule has 1 aliphatic heterocycles. The zero-order valence-corrected chi connectivity index (χ0v) is 10.1. The van der Waals surface area contributed by atoms with Crippen LogP contribution in [0, 0.1) is 11.3 Å². The van der Waals surface area contributed by atoms with Crippen LogP contribution in [0.2, 0.25) is 0 Å². The quantitative estimate of drug-likeness (QED) is 0.697. The monoisotopic (exact) mass is 214 g/mol. The molecule has 0 aromatic heterocycles. The van der Waals surface area contributed by atoms with Crippen molar-refractivity contribution < 1.29 is 9.90 Å². The first-order valence-corrected chi connectivity index (χ1v) is 5.47. The van der Waals surface area contributed by atoms with Crippen LogP contribution in [0.25, 0.3) is 0 Å². The Bertz CT molecular complexity index is 235. The zero-order valence-electron chi connectivity index (χ0n) is 10.1. The third kappa shape index (κ3) is 3.70. The van der Waals surface area contributed by atoms with E-state index in [0.717, 1.165) is 19.5 Å². The lowest BCUT2D eigenvalue weighted by Gasteiger charge is -2.41. The van der Waals surface area contributed by atoms with Gasteiger partial charge in [0.05, 0.1) is 0 Å². The lowest BCUT2D eigenvalue weighted by Crippen LogP contribution is -2.51. The molecule has 0 aliphatic carbocycles. The Morgan fingerprint density at radius 3 is 2.47 bits per heavy atom. The summed E-state index contributed by atoms with van der Waals surface area (Å²) in [5.74, 6) is 0.549. The van der Waals surface area contributed by atoms with E-state index >= 15 is 0 Å². The van der Waals surface area contributed by atoms with Crippen molar-refractivity contribution in [1.29, 1.82) is 0 Å². The zero-order chi connectivity index (χ0) is 11.6. The Hall–Kier alpha value is -0.770.